The van der Waals surface area contributed by atoms with E-state index < -0.39 is 29.4 Å². The molecule has 174 valence electrons. The highest BCUT2D eigenvalue weighted by atomic mass is 16.6. The van der Waals surface area contributed by atoms with Gasteiger partial charge in [-0.25, -0.2) is 4.79 Å². The molecule has 3 atom stereocenters. The number of hydrogen-bond donors (Lipinski definition) is 1. The number of carbonyl (C=O) groups excluding carboxylic acids is 2. The van der Waals surface area contributed by atoms with Crippen molar-refractivity contribution in [2.75, 3.05) is 13.2 Å². The van der Waals surface area contributed by atoms with E-state index in [1.807, 2.05) is 67.6 Å². The third kappa shape index (κ3) is 8.98. The number of alkyl carbamates (subject to hydrolysis) is 1. The lowest BCUT2D eigenvalue weighted by Gasteiger charge is -2.31. The molecule has 0 saturated heterocycles. The lowest BCUT2D eigenvalue weighted by atomic mass is 10.1. The SMILES string of the molecule is C[C@H](Oc1ccccc1)[C@@H](COc1ccccc1)OC[C@@](C)(C=O)NC(=O)OC(C)(C)C. The van der Waals surface area contributed by atoms with Crippen LogP contribution < -0.4 is 14.8 Å². The summed E-state index contributed by atoms with van der Waals surface area (Å²) in [5.74, 6) is 1.39. The molecule has 2 aromatic carbocycles. The van der Waals surface area contributed by atoms with Gasteiger partial charge in [-0.3, -0.25) is 0 Å². The van der Waals surface area contributed by atoms with Crippen LogP contribution in [0, 0.1) is 0 Å². The fourth-order valence-corrected chi connectivity index (χ4v) is 2.72. The van der Waals surface area contributed by atoms with Crippen molar-refractivity contribution in [2.24, 2.45) is 0 Å². The second-order valence-corrected chi connectivity index (χ2v) is 8.77. The number of nitrogens with one attached hydrogen (secondary N) is 1. The highest BCUT2D eigenvalue weighted by Gasteiger charge is 2.32. The van der Waals surface area contributed by atoms with Gasteiger partial charge in [0.1, 0.15) is 47.7 Å². The van der Waals surface area contributed by atoms with Gasteiger partial charge in [0, 0.05) is 0 Å². The monoisotopic (exact) mass is 443 g/mol. The van der Waals surface area contributed by atoms with E-state index in [-0.39, 0.29) is 13.2 Å². The standard InChI is InChI=1S/C25H33NO6/c1-19(31-21-14-10-7-11-15-21)22(16-29-20-12-8-6-9-13-20)30-18-25(5,17-27)26-23(28)32-24(2,3)4/h6-15,17,19,22H,16,18H2,1-5H3,(H,26,28)/t19-,22+,25+/m0/s1. The van der Waals surface area contributed by atoms with Gasteiger partial charge in [0.25, 0.3) is 0 Å². The molecule has 32 heavy (non-hydrogen) atoms. The Balaban J connectivity index is 2.05. The van der Waals surface area contributed by atoms with Gasteiger partial charge >= 0.3 is 6.09 Å². The first-order valence-corrected chi connectivity index (χ1v) is 10.6. The maximum absolute atomic E-state index is 12.2. The van der Waals surface area contributed by atoms with E-state index >= 15 is 0 Å². The Kier molecular flexibility index (Phi) is 9.08. The highest BCUT2D eigenvalue weighted by Crippen LogP contribution is 2.17. The summed E-state index contributed by atoms with van der Waals surface area (Å²) in [6.07, 6.45) is -0.968. The van der Waals surface area contributed by atoms with E-state index in [4.69, 9.17) is 18.9 Å². The summed E-state index contributed by atoms with van der Waals surface area (Å²) in [7, 11) is 0. The molecule has 7 nitrogen and oxygen atoms in total. The zero-order valence-electron chi connectivity index (χ0n) is 19.4. The van der Waals surface area contributed by atoms with Crippen LogP contribution in [0.1, 0.15) is 34.6 Å². The minimum absolute atomic E-state index is 0.0823. The Bertz CT molecular complexity index is 837. The summed E-state index contributed by atoms with van der Waals surface area (Å²) in [5, 5.41) is 2.58. The van der Waals surface area contributed by atoms with Crippen molar-refractivity contribution in [1.82, 2.24) is 5.32 Å². The molecule has 0 bridgehead atoms. The normalized spacial score (nSPS) is 15.0. The molecule has 0 aliphatic carbocycles. The van der Waals surface area contributed by atoms with E-state index in [1.54, 1.807) is 27.7 Å². The van der Waals surface area contributed by atoms with Gasteiger partial charge in [-0.1, -0.05) is 36.4 Å². The van der Waals surface area contributed by atoms with Gasteiger partial charge in [0.2, 0.25) is 0 Å². The van der Waals surface area contributed by atoms with Crippen LogP contribution >= 0.6 is 0 Å². The third-order valence-electron chi connectivity index (χ3n) is 4.39. The van der Waals surface area contributed by atoms with Crippen molar-refractivity contribution < 1.29 is 28.5 Å². The number of amides is 1. The van der Waals surface area contributed by atoms with Gasteiger partial charge in [-0.15, -0.1) is 0 Å². The number of rotatable bonds is 11. The van der Waals surface area contributed by atoms with Crippen molar-refractivity contribution in [3.05, 3.63) is 60.7 Å². The average Bonchev–Trinajstić information content (AvgIpc) is 2.73. The Hall–Kier alpha value is -3.06. The predicted octanol–water partition coefficient (Wildman–Crippen LogP) is 4.40. The van der Waals surface area contributed by atoms with Crippen LogP contribution in [-0.2, 0) is 14.3 Å². The van der Waals surface area contributed by atoms with Crippen LogP contribution in [0.2, 0.25) is 0 Å². The molecule has 0 aliphatic heterocycles. The first-order valence-electron chi connectivity index (χ1n) is 10.6. The minimum atomic E-state index is -1.28. The molecule has 7 heteroatoms. The van der Waals surface area contributed by atoms with Crippen molar-refractivity contribution in [3.63, 3.8) is 0 Å². The average molecular weight is 444 g/mol. The molecule has 2 aromatic rings. The zero-order chi connectivity index (χ0) is 23.6. The Morgan fingerprint density at radius 3 is 2.06 bits per heavy atom. The van der Waals surface area contributed by atoms with Gasteiger partial charge in [-0.05, 0) is 58.9 Å². The third-order valence-corrected chi connectivity index (χ3v) is 4.39. The lowest BCUT2D eigenvalue weighted by molar-refractivity contribution is -0.118. The fraction of sp³-hybridized carbons (Fsp3) is 0.440. The van der Waals surface area contributed by atoms with Crippen molar-refractivity contribution >= 4 is 12.4 Å². The Morgan fingerprint density at radius 2 is 1.53 bits per heavy atom. The van der Waals surface area contributed by atoms with E-state index in [9.17, 15) is 9.59 Å². The van der Waals surface area contributed by atoms with E-state index in [0.29, 0.717) is 17.8 Å². The van der Waals surface area contributed by atoms with Crippen LogP contribution in [0.3, 0.4) is 0 Å². The molecule has 0 aromatic heterocycles. The molecule has 0 radical (unpaired) electrons. The summed E-state index contributed by atoms with van der Waals surface area (Å²) in [6, 6.07) is 18.7. The quantitative estimate of drug-likeness (QED) is 0.518. The number of hydrogen-bond acceptors (Lipinski definition) is 6. The van der Waals surface area contributed by atoms with Gasteiger partial charge < -0.3 is 29.1 Å². The lowest BCUT2D eigenvalue weighted by Crippen LogP contribution is -2.53. The van der Waals surface area contributed by atoms with Crippen LogP contribution in [0.25, 0.3) is 0 Å². The molecule has 1 amide bonds. The number of para-hydroxylation sites is 2. The first kappa shape index (κ1) is 25.2. The summed E-state index contributed by atoms with van der Waals surface area (Å²) >= 11 is 0. The maximum Gasteiger partial charge on any atom is 0.408 e. The van der Waals surface area contributed by atoms with Gasteiger partial charge in [-0.2, -0.15) is 0 Å². The minimum Gasteiger partial charge on any atom is -0.491 e. The molecule has 2 rings (SSSR count). The number of benzene rings is 2. The van der Waals surface area contributed by atoms with Crippen molar-refractivity contribution in [2.45, 2.75) is 58.0 Å². The van der Waals surface area contributed by atoms with Crippen molar-refractivity contribution in [1.29, 1.82) is 0 Å². The molecular formula is C25H33NO6. The van der Waals surface area contributed by atoms with E-state index in [0.717, 1.165) is 0 Å². The topological polar surface area (TPSA) is 83.1 Å². The largest absolute Gasteiger partial charge is 0.491 e. The Labute approximate surface area is 190 Å². The van der Waals surface area contributed by atoms with Crippen LogP contribution in [0.15, 0.2) is 60.7 Å². The first-order chi connectivity index (χ1) is 15.1. The Morgan fingerprint density at radius 1 is 0.969 bits per heavy atom. The molecule has 0 aliphatic rings. The predicted molar refractivity (Wildman–Crippen MR) is 122 cm³/mol. The number of aldehydes is 1. The molecule has 1 N–H and O–H groups in total. The zero-order valence-corrected chi connectivity index (χ0v) is 19.4. The second-order valence-electron chi connectivity index (χ2n) is 8.77. The molecule has 0 unspecified atom stereocenters. The van der Waals surface area contributed by atoms with Crippen LogP contribution in [0.4, 0.5) is 4.79 Å². The summed E-state index contributed by atoms with van der Waals surface area (Å²) < 4.78 is 23.2. The van der Waals surface area contributed by atoms with E-state index in [1.165, 1.54) is 0 Å². The van der Waals surface area contributed by atoms with Gasteiger partial charge in [0.15, 0.2) is 0 Å². The number of carbonyl (C=O) groups is 2. The fourth-order valence-electron chi connectivity index (χ4n) is 2.72. The smallest absolute Gasteiger partial charge is 0.408 e. The second kappa shape index (κ2) is 11.5. The summed E-state index contributed by atoms with van der Waals surface area (Å²) in [6.45, 7) is 8.80. The molecule has 0 fully saturated rings. The maximum atomic E-state index is 12.2. The summed E-state index contributed by atoms with van der Waals surface area (Å²) in [5.41, 5.74) is -1.96. The molecule has 0 saturated carbocycles. The van der Waals surface area contributed by atoms with E-state index in [2.05, 4.69) is 5.32 Å². The van der Waals surface area contributed by atoms with Gasteiger partial charge in [0.05, 0.1) is 6.61 Å². The molecular weight excluding hydrogens is 410 g/mol. The van der Waals surface area contributed by atoms with Crippen LogP contribution in [0.5, 0.6) is 11.5 Å². The van der Waals surface area contributed by atoms with Crippen LogP contribution in [-0.4, -0.2) is 48.9 Å². The number of ether oxygens (including phenoxy) is 4. The molecule has 0 heterocycles. The molecule has 0 spiro atoms. The highest BCUT2D eigenvalue weighted by molar-refractivity contribution is 5.76. The van der Waals surface area contributed by atoms with Crippen molar-refractivity contribution in [3.8, 4) is 11.5 Å². The summed E-state index contributed by atoms with van der Waals surface area (Å²) in [4.78, 5) is 23.9.